The number of aryl methyl sites for hydroxylation is 1. The van der Waals surface area contributed by atoms with Crippen LogP contribution >= 0.6 is 11.6 Å². The molecule has 1 heterocycles. The highest BCUT2D eigenvalue weighted by atomic mass is 35.5. The number of para-hydroxylation sites is 2. The number of nitrogens with one attached hydrogen (secondary N) is 2. The minimum Gasteiger partial charge on any atom is -0.378 e. The number of amides is 1. The number of aromatic nitrogens is 2. The van der Waals surface area contributed by atoms with Crippen LogP contribution in [0, 0.1) is 17.0 Å². The van der Waals surface area contributed by atoms with Crippen molar-refractivity contribution in [3.63, 3.8) is 0 Å². The Hall–Kier alpha value is -3.39. The first-order valence-electron chi connectivity index (χ1n) is 8.99. The molecule has 1 aromatic heterocycles. The quantitative estimate of drug-likeness (QED) is 0.333. The summed E-state index contributed by atoms with van der Waals surface area (Å²) in [6.45, 7) is 2.79. The van der Waals surface area contributed by atoms with Crippen molar-refractivity contribution in [2.24, 2.45) is 0 Å². The lowest BCUT2D eigenvalue weighted by atomic mass is 10.2. The molecule has 0 aliphatic heterocycles. The van der Waals surface area contributed by atoms with E-state index < -0.39 is 4.92 Å². The summed E-state index contributed by atoms with van der Waals surface area (Å²) in [6, 6.07) is 16.1. The van der Waals surface area contributed by atoms with E-state index in [4.69, 9.17) is 11.6 Å². The van der Waals surface area contributed by atoms with Gasteiger partial charge in [0.15, 0.2) is 0 Å². The third-order valence-electron chi connectivity index (χ3n) is 4.29. The summed E-state index contributed by atoms with van der Waals surface area (Å²) in [4.78, 5) is 23.1. The summed E-state index contributed by atoms with van der Waals surface area (Å²) >= 11 is 6.39. The number of rotatable bonds is 8. The standard InChI is InChI=1S/C20H20ClN5O3/c1-14-18(19(21)25(24-14)13-15-7-3-2-4-8-15)20(27)23-12-11-22-16-9-5-6-10-17(16)26(28)29/h2-10,22H,11-13H2,1H3,(H,23,27). The molecule has 3 aromatic rings. The lowest BCUT2D eigenvalue weighted by molar-refractivity contribution is -0.384. The summed E-state index contributed by atoms with van der Waals surface area (Å²) < 4.78 is 1.59. The third kappa shape index (κ3) is 4.91. The lowest BCUT2D eigenvalue weighted by Crippen LogP contribution is -2.29. The van der Waals surface area contributed by atoms with Gasteiger partial charge in [0.05, 0.1) is 22.7 Å². The second kappa shape index (κ2) is 9.20. The fourth-order valence-corrected chi connectivity index (χ4v) is 3.24. The molecule has 3 rings (SSSR count). The van der Waals surface area contributed by atoms with Gasteiger partial charge in [-0.15, -0.1) is 0 Å². The number of benzene rings is 2. The maximum atomic E-state index is 12.6. The van der Waals surface area contributed by atoms with Crippen LogP contribution in [-0.2, 0) is 6.54 Å². The Bertz CT molecular complexity index is 1020. The zero-order valence-electron chi connectivity index (χ0n) is 15.8. The Balaban J connectivity index is 1.59. The van der Waals surface area contributed by atoms with Crippen molar-refractivity contribution in [2.75, 3.05) is 18.4 Å². The molecule has 2 aromatic carbocycles. The molecular weight excluding hydrogens is 394 g/mol. The van der Waals surface area contributed by atoms with Crippen LogP contribution in [0.15, 0.2) is 54.6 Å². The van der Waals surface area contributed by atoms with Crippen LogP contribution in [0.3, 0.4) is 0 Å². The average molecular weight is 414 g/mol. The van der Waals surface area contributed by atoms with Crippen LogP contribution in [0.2, 0.25) is 5.15 Å². The van der Waals surface area contributed by atoms with E-state index in [-0.39, 0.29) is 23.3 Å². The predicted octanol–water partition coefficient (Wildman–Crippen LogP) is 3.64. The van der Waals surface area contributed by atoms with Crippen LogP contribution in [-0.4, -0.2) is 33.7 Å². The highest BCUT2D eigenvalue weighted by molar-refractivity contribution is 6.33. The van der Waals surface area contributed by atoms with Gasteiger partial charge in [-0.2, -0.15) is 5.10 Å². The van der Waals surface area contributed by atoms with Gasteiger partial charge in [0.25, 0.3) is 11.6 Å². The number of halogens is 1. The van der Waals surface area contributed by atoms with Gasteiger partial charge in [0, 0.05) is 19.2 Å². The molecule has 0 bridgehead atoms. The second-order valence-electron chi connectivity index (χ2n) is 6.35. The molecule has 0 spiro atoms. The van der Waals surface area contributed by atoms with Crippen LogP contribution in [0.4, 0.5) is 11.4 Å². The fraction of sp³-hybridized carbons (Fsp3) is 0.200. The molecule has 9 heteroatoms. The first kappa shape index (κ1) is 20.3. The van der Waals surface area contributed by atoms with Crippen molar-refractivity contribution in [1.29, 1.82) is 0 Å². The first-order chi connectivity index (χ1) is 14.0. The maximum Gasteiger partial charge on any atom is 0.292 e. The number of hydrogen-bond donors (Lipinski definition) is 2. The minimum absolute atomic E-state index is 0.0140. The summed E-state index contributed by atoms with van der Waals surface area (Å²) in [5, 5.41) is 21.4. The second-order valence-corrected chi connectivity index (χ2v) is 6.71. The highest BCUT2D eigenvalue weighted by Crippen LogP contribution is 2.23. The number of hydrogen-bond acceptors (Lipinski definition) is 5. The monoisotopic (exact) mass is 413 g/mol. The lowest BCUT2D eigenvalue weighted by Gasteiger charge is -2.08. The highest BCUT2D eigenvalue weighted by Gasteiger charge is 2.20. The van der Waals surface area contributed by atoms with Crippen LogP contribution in [0.1, 0.15) is 21.6 Å². The summed E-state index contributed by atoms with van der Waals surface area (Å²) in [6.07, 6.45) is 0. The van der Waals surface area contributed by atoms with E-state index in [1.807, 2.05) is 30.3 Å². The average Bonchev–Trinajstić information content (AvgIpc) is 2.99. The molecule has 2 N–H and O–H groups in total. The Morgan fingerprint density at radius 2 is 1.83 bits per heavy atom. The molecule has 0 aliphatic carbocycles. The van der Waals surface area contributed by atoms with Crippen molar-refractivity contribution in [1.82, 2.24) is 15.1 Å². The van der Waals surface area contributed by atoms with Crippen LogP contribution < -0.4 is 10.6 Å². The van der Waals surface area contributed by atoms with Crippen molar-refractivity contribution in [3.05, 3.63) is 86.7 Å². The van der Waals surface area contributed by atoms with E-state index in [2.05, 4.69) is 15.7 Å². The Kier molecular flexibility index (Phi) is 6.46. The number of nitro groups is 1. The first-order valence-corrected chi connectivity index (χ1v) is 9.37. The summed E-state index contributed by atoms with van der Waals surface area (Å²) in [5.74, 6) is -0.337. The third-order valence-corrected chi connectivity index (χ3v) is 4.68. The molecule has 0 radical (unpaired) electrons. The van der Waals surface area contributed by atoms with Gasteiger partial charge in [-0.3, -0.25) is 14.9 Å². The zero-order chi connectivity index (χ0) is 20.8. The van der Waals surface area contributed by atoms with Gasteiger partial charge in [-0.25, -0.2) is 4.68 Å². The van der Waals surface area contributed by atoms with Gasteiger partial charge in [0.2, 0.25) is 0 Å². The van der Waals surface area contributed by atoms with Crippen LogP contribution in [0.25, 0.3) is 0 Å². The van der Waals surface area contributed by atoms with E-state index in [1.54, 1.807) is 29.8 Å². The number of anilines is 1. The Morgan fingerprint density at radius 1 is 1.14 bits per heavy atom. The molecule has 8 nitrogen and oxygen atoms in total. The number of nitrogens with zero attached hydrogens (tertiary/aromatic N) is 3. The number of carbonyl (C=O) groups is 1. The van der Waals surface area contributed by atoms with E-state index in [9.17, 15) is 14.9 Å². The molecule has 150 valence electrons. The Morgan fingerprint density at radius 3 is 2.55 bits per heavy atom. The summed E-state index contributed by atoms with van der Waals surface area (Å²) in [5.41, 5.74) is 2.28. The maximum absolute atomic E-state index is 12.6. The SMILES string of the molecule is Cc1nn(Cc2ccccc2)c(Cl)c1C(=O)NCCNc1ccccc1[N+](=O)[O-]. The number of nitro benzene ring substituents is 1. The van der Waals surface area contributed by atoms with Crippen molar-refractivity contribution in [2.45, 2.75) is 13.5 Å². The van der Waals surface area contributed by atoms with E-state index >= 15 is 0 Å². The minimum atomic E-state index is -0.453. The normalized spacial score (nSPS) is 10.6. The molecule has 0 atom stereocenters. The molecule has 0 fully saturated rings. The van der Waals surface area contributed by atoms with E-state index in [1.165, 1.54) is 6.07 Å². The van der Waals surface area contributed by atoms with Gasteiger partial charge in [-0.1, -0.05) is 54.1 Å². The van der Waals surface area contributed by atoms with E-state index in [0.29, 0.717) is 30.0 Å². The van der Waals surface area contributed by atoms with E-state index in [0.717, 1.165) is 5.56 Å². The Labute approximate surface area is 172 Å². The summed E-state index contributed by atoms with van der Waals surface area (Å²) in [7, 11) is 0. The fourth-order valence-electron chi connectivity index (χ4n) is 2.92. The van der Waals surface area contributed by atoms with Crippen molar-refractivity contribution in [3.8, 4) is 0 Å². The van der Waals surface area contributed by atoms with Crippen molar-refractivity contribution < 1.29 is 9.72 Å². The van der Waals surface area contributed by atoms with Gasteiger partial charge < -0.3 is 10.6 Å². The molecule has 0 aliphatic rings. The number of carbonyl (C=O) groups excluding carboxylic acids is 1. The van der Waals surface area contributed by atoms with Gasteiger partial charge >= 0.3 is 0 Å². The molecule has 0 unspecified atom stereocenters. The van der Waals surface area contributed by atoms with Crippen LogP contribution in [0.5, 0.6) is 0 Å². The predicted molar refractivity (Wildman–Crippen MR) is 111 cm³/mol. The van der Waals surface area contributed by atoms with Crippen molar-refractivity contribution >= 4 is 28.9 Å². The molecule has 0 saturated heterocycles. The van der Waals surface area contributed by atoms with Gasteiger partial charge in [-0.05, 0) is 18.6 Å². The topological polar surface area (TPSA) is 102 Å². The molecule has 29 heavy (non-hydrogen) atoms. The smallest absolute Gasteiger partial charge is 0.292 e. The molecule has 1 amide bonds. The zero-order valence-corrected chi connectivity index (χ0v) is 16.5. The van der Waals surface area contributed by atoms with Gasteiger partial charge in [0.1, 0.15) is 10.8 Å². The molecule has 0 saturated carbocycles. The largest absolute Gasteiger partial charge is 0.378 e. The molecular formula is C20H20ClN5O3.